The molecule has 0 N–H and O–H groups in total. The number of likely N-dealkylation sites (N-methyl/N-ethyl adjacent to an activating group) is 1. The summed E-state index contributed by atoms with van der Waals surface area (Å²) in [6.45, 7) is 1.70. The number of nitrogens with zero attached hydrogens (tertiary/aromatic N) is 5. The van der Waals surface area contributed by atoms with Crippen LogP contribution in [0, 0.1) is 6.92 Å². The van der Waals surface area contributed by atoms with Gasteiger partial charge in [0.15, 0.2) is 6.10 Å². The molecular formula is C17H19N5O4. The van der Waals surface area contributed by atoms with Crippen molar-refractivity contribution >= 4 is 11.6 Å². The Balaban J connectivity index is 1.71. The molecule has 9 nitrogen and oxygen atoms in total. The minimum absolute atomic E-state index is 0.100. The van der Waals surface area contributed by atoms with Gasteiger partial charge < -0.3 is 9.40 Å². The number of amides is 1. The summed E-state index contributed by atoms with van der Waals surface area (Å²) in [5.74, 6) is 0.325. The van der Waals surface area contributed by atoms with Crippen LogP contribution in [0.15, 0.2) is 40.5 Å². The van der Waals surface area contributed by atoms with Crippen molar-refractivity contribution in [2.75, 3.05) is 14.2 Å². The molecule has 0 saturated heterocycles. The Morgan fingerprint density at radius 3 is 2.96 bits per heavy atom. The first-order valence-corrected chi connectivity index (χ1v) is 8.01. The molecule has 0 bridgehead atoms. The number of aromatic nitrogens is 3. The highest BCUT2D eigenvalue weighted by Crippen LogP contribution is 2.28. The quantitative estimate of drug-likeness (QED) is 0.735. The highest BCUT2D eigenvalue weighted by atomic mass is 16.7. The van der Waals surface area contributed by atoms with Crippen molar-refractivity contribution in [3.63, 3.8) is 0 Å². The monoisotopic (exact) mass is 357 g/mol. The van der Waals surface area contributed by atoms with Crippen molar-refractivity contribution in [1.82, 2.24) is 19.6 Å². The number of carbonyl (C=O) groups is 1. The molecule has 0 saturated carbocycles. The summed E-state index contributed by atoms with van der Waals surface area (Å²) in [4.78, 5) is 42.8. The van der Waals surface area contributed by atoms with E-state index < -0.39 is 0 Å². The Kier molecular flexibility index (Phi) is 5.08. The summed E-state index contributed by atoms with van der Waals surface area (Å²) in [7, 11) is 2.87. The van der Waals surface area contributed by atoms with E-state index in [1.165, 1.54) is 24.8 Å². The summed E-state index contributed by atoms with van der Waals surface area (Å²) in [6, 6.07) is 4.97. The third kappa shape index (κ3) is 3.77. The number of hydroxylamine groups is 2. The minimum atomic E-state index is -0.361. The third-order valence-electron chi connectivity index (χ3n) is 4.06. The molecule has 0 radical (unpaired) electrons. The zero-order valence-electron chi connectivity index (χ0n) is 14.7. The van der Waals surface area contributed by atoms with Crippen LogP contribution in [0.4, 0.5) is 0 Å². The van der Waals surface area contributed by atoms with Gasteiger partial charge in [0.05, 0.1) is 12.8 Å². The largest absolute Gasteiger partial charge is 0.387 e. The van der Waals surface area contributed by atoms with Crippen molar-refractivity contribution in [3.05, 3.63) is 58.0 Å². The molecular weight excluding hydrogens is 338 g/mol. The van der Waals surface area contributed by atoms with Gasteiger partial charge in [-0.25, -0.2) is 15.0 Å². The van der Waals surface area contributed by atoms with Gasteiger partial charge in [-0.2, -0.15) is 0 Å². The normalized spacial score (nSPS) is 16.1. The number of oxime groups is 1. The van der Waals surface area contributed by atoms with E-state index in [2.05, 4.69) is 15.1 Å². The van der Waals surface area contributed by atoms with Gasteiger partial charge in [0.25, 0.3) is 11.5 Å². The zero-order valence-corrected chi connectivity index (χ0v) is 14.7. The predicted octanol–water partition coefficient (Wildman–Crippen LogP) is 0.832. The molecule has 1 atom stereocenters. The topological polar surface area (TPSA) is 98.9 Å². The molecule has 26 heavy (non-hydrogen) atoms. The fraction of sp³-hybridized carbons (Fsp3) is 0.353. The van der Waals surface area contributed by atoms with Gasteiger partial charge in [-0.1, -0.05) is 5.16 Å². The fourth-order valence-corrected chi connectivity index (χ4v) is 2.53. The average Bonchev–Trinajstić information content (AvgIpc) is 3.12. The lowest BCUT2D eigenvalue weighted by Crippen LogP contribution is -2.33. The maximum Gasteiger partial charge on any atom is 0.265 e. The molecule has 0 aliphatic carbocycles. The average molecular weight is 357 g/mol. The van der Waals surface area contributed by atoms with Crippen molar-refractivity contribution in [2.45, 2.75) is 26.0 Å². The molecule has 3 heterocycles. The molecule has 0 spiro atoms. The maximum absolute atomic E-state index is 12.3. The number of hydrogen-bond donors (Lipinski definition) is 0. The fourth-order valence-electron chi connectivity index (χ4n) is 2.53. The van der Waals surface area contributed by atoms with E-state index in [4.69, 9.17) is 9.68 Å². The Bertz CT molecular complexity index is 908. The number of rotatable bonds is 5. The molecule has 1 aliphatic heterocycles. The SMILES string of the molecule is CON(C)C(=O)Cn1ccc(C2CC(c3ccnc(C)n3)=NO2)cc1=O. The van der Waals surface area contributed by atoms with Crippen LogP contribution < -0.4 is 5.56 Å². The van der Waals surface area contributed by atoms with Crippen LogP contribution in [0.3, 0.4) is 0 Å². The van der Waals surface area contributed by atoms with E-state index in [1.54, 1.807) is 31.5 Å². The lowest BCUT2D eigenvalue weighted by atomic mass is 10.0. The lowest BCUT2D eigenvalue weighted by Gasteiger charge is -2.15. The van der Waals surface area contributed by atoms with E-state index in [0.717, 1.165) is 5.06 Å². The van der Waals surface area contributed by atoms with Gasteiger partial charge in [-0.3, -0.25) is 14.4 Å². The van der Waals surface area contributed by atoms with Gasteiger partial charge in [0.2, 0.25) is 0 Å². The highest BCUT2D eigenvalue weighted by Gasteiger charge is 2.25. The summed E-state index contributed by atoms with van der Waals surface area (Å²) < 4.78 is 1.31. The molecule has 2 aromatic heterocycles. The van der Waals surface area contributed by atoms with E-state index in [0.29, 0.717) is 29.2 Å². The number of carbonyl (C=O) groups excluding carboxylic acids is 1. The highest BCUT2D eigenvalue weighted by molar-refractivity contribution is 5.99. The van der Waals surface area contributed by atoms with E-state index >= 15 is 0 Å². The van der Waals surface area contributed by atoms with E-state index in [1.807, 2.05) is 0 Å². The molecule has 3 rings (SSSR count). The van der Waals surface area contributed by atoms with Crippen molar-refractivity contribution in [2.24, 2.45) is 5.16 Å². The zero-order chi connectivity index (χ0) is 18.7. The van der Waals surface area contributed by atoms with Crippen LogP contribution >= 0.6 is 0 Å². The smallest absolute Gasteiger partial charge is 0.265 e. The molecule has 9 heteroatoms. The van der Waals surface area contributed by atoms with Crippen molar-refractivity contribution in [3.8, 4) is 0 Å². The maximum atomic E-state index is 12.3. The second-order valence-corrected chi connectivity index (χ2v) is 5.83. The minimum Gasteiger partial charge on any atom is -0.387 e. The number of aryl methyl sites for hydroxylation is 1. The Labute approximate surface area is 149 Å². The number of pyridine rings is 1. The Morgan fingerprint density at radius 1 is 1.46 bits per heavy atom. The molecule has 0 aromatic carbocycles. The second-order valence-electron chi connectivity index (χ2n) is 5.83. The lowest BCUT2D eigenvalue weighted by molar-refractivity contribution is -0.169. The molecule has 136 valence electrons. The Hall–Kier alpha value is -3.07. The first-order valence-electron chi connectivity index (χ1n) is 8.01. The second kappa shape index (κ2) is 7.44. The molecule has 1 unspecified atom stereocenters. The third-order valence-corrected chi connectivity index (χ3v) is 4.06. The molecule has 1 amide bonds. The first-order chi connectivity index (χ1) is 12.5. The Morgan fingerprint density at radius 2 is 2.27 bits per heavy atom. The predicted molar refractivity (Wildman–Crippen MR) is 92.2 cm³/mol. The van der Waals surface area contributed by atoms with Crippen molar-refractivity contribution in [1.29, 1.82) is 0 Å². The summed E-state index contributed by atoms with van der Waals surface area (Å²) in [5.41, 5.74) is 1.82. The standard InChI is InChI=1S/C17H19N5O4/c1-11-18-6-4-13(19-11)14-9-15(26-20-14)12-5-7-22(16(23)8-12)10-17(24)21(2)25-3/h4-8,15H,9-10H2,1-3H3. The molecule has 2 aromatic rings. The molecule has 1 aliphatic rings. The van der Waals surface area contributed by atoms with Gasteiger partial charge in [0.1, 0.15) is 18.1 Å². The van der Waals surface area contributed by atoms with Gasteiger partial charge >= 0.3 is 0 Å². The number of hydrogen-bond acceptors (Lipinski definition) is 7. The van der Waals surface area contributed by atoms with Gasteiger partial charge in [-0.05, 0) is 19.1 Å². The van der Waals surface area contributed by atoms with Crippen LogP contribution in [0.25, 0.3) is 0 Å². The first kappa shape index (κ1) is 17.7. The van der Waals surface area contributed by atoms with Crippen LogP contribution in [-0.2, 0) is 21.0 Å². The van der Waals surface area contributed by atoms with Crippen molar-refractivity contribution < 1.29 is 14.5 Å². The molecule has 0 fully saturated rings. The summed E-state index contributed by atoms with van der Waals surface area (Å²) >= 11 is 0. The van der Waals surface area contributed by atoms with Crippen LogP contribution in [0.1, 0.15) is 29.6 Å². The van der Waals surface area contributed by atoms with E-state index in [-0.39, 0.29) is 24.1 Å². The van der Waals surface area contributed by atoms with Gasteiger partial charge in [-0.15, -0.1) is 0 Å². The van der Waals surface area contributed by atoms with E-state index in [9.17, 15) is 9.59 Å². The summed E-state index contributed by atoms with van der Waals surface area (Å²) in [6.07, 6.45) is 3.38. The van der Waals surface area contributed by atoms with Crippen LogP contribution in [0.5, 0.6) is 0 Å². The van der Waals surface area contributed by atoms with Crippen LogP contribution in [-0.4, -0.2) is 45.4 Å². The summed E-state index contributed by atoms with van der Waals surface area (Å²) in [5, 5.41) is 5.15. The van der Waals surface area contributed by atoms with Crippen LogP contribution in [0.2, 0.25) is 0 Å². The van der Waals surface area contributed by atoms with Gasteiger partial charge in [0, 0.05) is 37.5 Å².